The van der Waals surface area contributed by atoms with Crippen molar-refractivity contribution in [1.29, 1.82) is 0 Å². The molecule has 2 aliphatic rings. The third-order valence-corrected chi connectivity index (χ3v) is 13.9. The Balaban J connectivity index is 1.02. The van der Waals surface area contributed by atoms with E-state index >= 15 is 0 Å². The number of hydrogen-bond donors (Lipinski definition) is 0. The van der Waals surface area contributed by atoms with Crippen molar-refractivity contribution in [2.24, 2.45) is 0 Å². The number of rotatable bonds is 8. The van der Waals surface area contributed by atoms with Gasteiger partial charge in [-0.3, -0.25) is 0 Å². The number of esters is 1. The van der Waals surface area contributed by atoms with Gasteiger partial charge in [0, 0.05) is 16.4 Å². The molecule has 0 aliphatic heterocycles. The van der Waals surface area contributed by atoms with Crippen molar-refractivity contribution in [3.05, 3.63) is 180 Å². The first-order valence-corrected chi connectivity index (χ1v) is 21.4. The summed E-state index contributed by atoms with van der Waals surface area (Å²) in [4.78, 5) is 12.2. The van der Waals surface area contributed by atoms with Gasteiger partial charge in [-0.25, -0.2) is 4.79 Å². The molecular weight excluding hydrogens is 729 g/mol. The van der Waals surface area contributed by atoms with Gasteiger partial charge in [-0.2, -0.15) is 0 Å². The molecule has 1 atom stereocenters. The second-order valence-electron chi connectivity index (χ2n) is 19.1. The van der Waals surface area contributed by atoms with Crippen LogP contribution in [0.2, 0.25) is 0 Å². The van der Waals surface area contributed by atoms with Crippen LogP contribution in [0, 0.1) is 6.92 Å². The SMILES string of the molecule is C=CC1(CCCOC(=O)C(=C)C)c2cc(C)ccc2-c2ccc(-c3ccc4c(c3)C(C)(C)c3cc(-c5ccc6ccc7cc(C(C)(C)C)cc8ccc5c6c78)ccc3-4)cc21. The Morgan fingerprint density at radius 1 is 0.633 bits per heavy atom. The van der Waals surface area contributed by atoms with E-state index in [2.05, 4.69) is 182 Å². The zero-order valence-corrected chi connectivity index (χ0v) is 36.0. The molecule has 2 heteroatoms. The minimum Gasteiger partial charge on any atom is -0.462 e. The van der Waals surface area contributed by atoms with Crippen LogP contribution in [0.25, 0.3) is 76.8 Å². The summed E-state index contributed by atoms with van der Waals surface area (Å²) in [5, 5.41) is 7.94. The maximum Gasteiger partial charge on any atom is 0.333 e. The Hall–Kier alpha value is -6.25. The molecule has 0 heterocycles. The second kappa shape index (κ2) is 13.4. The first-order chi connectivity index (χ1) is 28.7. The smallest absolute Gasteiger partial charge is 0.333 e. The van der Waals surface area contributed by atoms with E-state index in [1.54, 1.807) is 6.92 Å². The first-order valence-electron chi connectivity index (χ1n) is 21.4. The standard InChI is InChI=1S/C58H52O2/c1-10-58(26-11-27-60-55(59)34(2)3)51-28-35(4)12-20-46(51)47-23-17-38(32-52(47)58)37-16-22-44-45-24-18-39(33-50(45)57(8,9)49(44)31-37)43-21-15-36-13-14-40-29-42(56(5,6)7)30-41-19-25-48(43)54(36)53(40)41/h10,12-25,28-33H,1-2,11,26-27H2,3-9H3. The van der Waals surface area contributed by atoms with Gasteiger partial charge < -0.3 is 4.74 Å². The van der Waals surface area contributed by atoms with Crippen molar-refractivity contribution in [3.63, 3.8) is 0 Å². The first kappa shape index (κ1) is 38.0. The van der Waals surface area contributed by atoms with E-state index in [9.17, 15) is 4.79 Å². The van der Waals surface area contributed by atoms with Gasteiger partial charge in [0.15, 0.2) is 0 Å². The number of allylic oxidation sites excluding steroid dienone is 1. The molecule has 0 fully saturated rings. The summed E-state index contributed by atoms with van der Waals surface area (Å²) in [6.45, 7) is 24.0. The van der Waals surface area contributed by atoms with Gasteiger partial charge in [-0.1, -0.05) is 156 Å². The summed E-state index contributed by atoms with van der Waals surface area (Å²) in [5.41, 5.74) is 17.8. The largest absolute Gasteiger partial charge is 0.462 e. The maximum absolute atomic E-state index is 12.2. The highest BCUT2D eigenvalue weighted by Crippen LogP contribution is 2.55. The molecule has 1 unspecified atom stereocenters. The molecular formula is C58H52O2. The van der Waals surface area contributed by atoms with Crippen molar-refractivity contribution in [2.75, 3.05) is 6.61 Å². The highest BCUT2D eigenvalue weighted by molar-refractivity contribution is 6.25. The molecule has 0 aromatic heterocycles. The summed E-state index contributed by atoms with van der Waals surface area (Å²) in [6.07, 6.45) is 3.61. The third-order valence-electron chi connectivity index (χ3n) is 13.9. The molecule has 0 saturated carbocycles. The minimum atomic E-state index is -0.397. The van der Waals surface area contributed by atoms with Crippen LogP contribution in [0.1, 0.15) is 87.8 Å². The average Bonchev–Trinajstić information content (AvgIpc) is 3.63. The summed E-state index contributed by atoms with van der Waals surface area (Å²) < 4.78 is 5.55. The van der Waals surface area contributed by atoms with Crippen LogP contribution in [-0.4, -0.2) is 12.6 Å². The Morgan fingerprint density at radius 2 is 1.15 bits per heavy atom. The predicted molar refractivity (Wildman–Crippen MR) is 253 cm³/mol. The highest BCUT2D eigenvalue weighted by Gasteiger charge is 2.41. The van der Waals surface area contributed by atoms with Crippen molar-refractivity contribution >= 4 is 38.3 Å². The number of benzene rings is 8. The topological polar surface area (TPSA) is 26.3 Å². The van der Waals surface area contributed by atoms with E-state index in [0.29, 0.717) is 18.6 Å². The van der Waals surface area contributed by atoms with Crippen molar-refractivity contribution < 1.29 is 9.53 Å². The Bertz CT molecular complexity index is 3110. The van der Waals surface area contributed by atoms with E-state index in [1.807, 2.05) is 0 Å². The lowest BCUT2D eigenvalue weighted by molar-refractivity contribution is -0.139. The molecule has 8 aromatic carbocycles. The average molecular weight is 781 g/mol. The van der Waals surface area contributed by atoms with E-state index < -0.39 is 5.41 Å². The number of fused-ring (bicyclic) bond motifs is 6. The number of aryl methyl sites for hydroxylation is 1. The van der Waals surface area contributed by atoms with Gasteiger partial charge in [0.2, 0.25) is 0 Å². The fourth-order valence-electron chi connectivity index (χ4n) is 10.6. The van der Waals surface area contributed by atoms with E-state index in [-0.39, 0.29) is 16.8 Å². The second-order valence-corrected chi connectivity index (χ2v) is 19.1. The Kier molecular flexibility index (Phi) is 8.47. The number of hydrogen-bond acceptors (Lipinski definition) is 2. The predicted octanol–water partition coefficient (Wildman–Crippen LogP) is 15.2. The van der Waals surface area contributed by atoms with Gasteiger partial charge >= 0.3 is 5.97 Å². The van der Waals surface area contributed by atoms with Crippen LogP contribution in [0.5, 0.6) is 0 Å². The monoisotopic (exact) mass is 780 g/mol. The van der Waals surface area contributed by atoms with Crippen LogP contribution in [-0.2, 0) is 25.8 Å². The molecule has 0 amide bonds. The van der Waals surface area contributed by atoms with Crippen LogP contribution in [0.4, 0.5) is 0 Å². The fourth-order valence-corrected chi connectivity index (χ4v) is 10.6. The molecule has 2 aliphatic carbocycles. The Morgan fingerprint density at radius 3 is 1.78 bits per heavy atom. The molecule has 0 N–H and O–H groups in total. The lowest BCUT2D eigenvalue weighted by Crippen LogP contribution is -2.23. The maximum atomic E-state index is 12.2. The van der Waals surface area contributed by atoms with Gasteiger partial charge in [0.05, 0.1) is 6.61 Å². The third kappa shape index (κ3) is 5.64. The Labute approximate surface area is 354 Å². The van der Waals surface area contributed by atoms with Crippen molar-refractivity contribution in [2.45, 2.75) is 77.6 Å². The van der Waals surface area contributed by atoms with Gasteiger partial charge in [-0.05, 0) is 155 Å². The minimum absolute atomic E-state index is 0.0839. The van der Waals surface area contributed by atoms with Crippen LogP contribution in [0.15, 0.2) is 146 Å². The summed E-state index contributed by atoms with van der Waals surface area (Å²) in [6, 6.07) is 46.6. The zero-order valence-electron chi connectivity index (χ0n) is 36.0. The molecule has 0 saturated heterocycles. The van der Waals surface area contributed by atoms with Crippen LogP contribution in [0.3, 0.4) is 0 Å². The normalized spacial score (nSPS) is 16.2. The number of ether oxygens (including phenoxy) is 1. The van der Waals surface area contributed by atoms with Crippen LogP contribution < -0.4 is 0 Å². The number of carbonyl (C=O) groups is 1. The lowest BCUT2D eigenvalue weighted by atomic mass is 9.74. The van der Waals surface area contributed by atoms with E-state index in [1.165, 1.54) is 110 Å². The van der Waals surface area contributed by atoms with E-state index in [4.69, 9.17) is 4.74 Å². The summed E-state index contributed by atoms with van der Waals surface area (Å²) in [7, 11) is 0. The number of carbonyl (C=O) groups excluding carboxylic acids is 1. The molecule has 8 aromatic rings. The fraction of sp³-hybridized carbons (Fsp3) is 0.224. The van der Waals surface area contributed by atoms with E-state index in [0.717, 1.165) is 6.42 Å². The zero-order chi connectivity index (χ0) is 41.9. The lowest BCUT2D eigenvalue weighted by Gasteiger charge is -2.29. The van der Waals surface area contributed by atoms with Gasteiger partial charge in [-0.15, -0.1) is 6.58 Å². The van der Waals surface area contributed by atoms with Crippen molar-refractivity contribution in [1.82, 2.24) is 0 Å². The molecule has 0 bridgehead atoms. The van der Waals surface area contributed by atoms with Gasteiger partial charge in [0.25, 0.3) is 0 Å². The van der Waals surface area contributed by atoms with Crippen LogP contribution >= 0.6 is 0 Å². The van der Waals surface area contributed by atoms with Gasteiger partial charge in [0.1, 0.15) is 0 Å². The molecule has 10 rings (SSSR count). The molecule has 296 valence electrons. The summed E-state index contributed by atoms with van der Waals surface area (Å²) in [5.74, 6) is -0.340. The highest BCUT2D eigenvalue weighted by atomic mass is 16.5. The molecule has 0 radical (unpaired) electrons. The summed E-state index contributed by atoms with van der Waals surface area (Å²) >= 11 is 0. The molecule has 60 heavy (non-hydrogen) atoms. The quantitative estimate of drug-likeness (QED) is 0.0505. The molecule has 0 spiro atoms. The van der Waals surface area contributed by atoms with Crippen molar-refractivity contribution in [3.8, 4) is 44.5 Å². The molecule has 2 nitrogen and oxygen atoms in total.